The van der Waals surface area contributed by atoms with E-state index < -0.39 is 18.2 Å². The zero-order valence-electron chi connectivity index (χ0n) is 13.2. The molecule has 7 heteroatoms. The number of carbonyl (C=O) groups is 1. The van der Waals surface area contributed by atoms with E-state index in [-0.39, 0.29) is 19.1 Å². The number of hydrogen-bond acceptors (Lipinski definition) is 5. The number of rotatable bonds is 6. The predicted molar refractivity (Wildman–Crippen MR) is 80.5 cm³/mol. The second-order valence-corrected chi connectivity index (χ2v) is 5.60. The van der Waals surface area contributed by atoms with Gasteiger partial charge in [0, 0.05) is 19.3 Å². The number of amides is 1. The lowest BCUT2D eigenvalue weighted by atomic mass is 10.0. The highest BCUT2D eigenvalue weighted by Gasteiger charge is 2.38. The highest BCUT2D eigenvalue weighted by atomic mass is 16.5. The van der Waals surface area contributed by atoms with Crippen molar-refractivity contribution in [3.8, 4) is 0 Å². The van der Waals surface area contributed by atoms with Gasteiger partial charge in [-0.15, -0.1) is 0 Å². The van der Waals surface area contributed by atoms with Crippen LogP contribution >= 0.6 is 0 Å². The first-order valence-electron chi connectivity index (χ1n) is 7.86. The fourth-order valence-corrected chi connectivity index (χ4v) is 2.75. The summed E-state index contributed by atoms with van der Waals surface area (Å²) in [6, 6.07) is 1.15. The molecule has 1 aromatic heterocycles. The SMILES string of the molecule is CCCN(C(=O)c1ccnn1CCC)[C@@H]1COC[C@@H](O)[C@H]1O. The van der Waals surface area contributed by atoms with Crippen LogP contribution in [0.4, 0.5) is 0 Å². The molecule has 0 saturated carbocycles. The first-order chi connectivity index (χ1) is 10.6. The van der Waals surface area contributed by atoms with Gasteiger partial charge in [0.1, 0.15) is 17.9 Å². The Morgan fingerprint density at radius 2 is 2.18 bits per heavy atom. The number of aryl methyl sites for hydroxylation is 1. The largest absolute Gasteiger partial charge is 0.388 e. The molecule has 2 rings (SSSR count). The van der Waals surface area contributed by atoms with Crippen molar-refractivity contribution in [1.29, 1.82) is 0 Å². The van der Waals surface area contributed by atoms with Gasteiger partial charge in [0.2, 0.25) is 0 Å². The van der Waals surface area contributed by atoms with E-state index in [1.807, 2.05) is 13.8 Å². The van der Waals surface area contributed by atoms with Gasteiger partial charge in [0.25, 0.3) is 5.91 Å². The van der Waals surface area contributed by atoms with Gasteiger partial charge in [0.15, 0.2) is 0 Å². The summed E-state index contributed by atoms with van der Waals surface area (Å²) in [5, 5.41) is 24.2. The summed E-state index contributed by atoms with van der Waals surface area (Å²) in [5.41, 5.74) is 0.502. The van der Waals surface area contributed by atoms with E-state index in [9.17, 15) is 15.0 Å². The second kappa shape index (κ2) is 7.71. The molecule has 1 fully saturated rings. The molecule has 0 unspecified atom stereocenters. The molecule has 3 atom stereocenters. The fraction of sp³-hybridized carbons (Fsp3) is 0.733. The van der Waals surface area contributed by atoms with Crippen LogP contribution in [-0.4, -0.2) is 68.8 Å². The summed E-state index contributed by atoms with van der Waals surface area (Å²) in [6.07, 6.45) is 1.28. The Labute approximate surface area is 130 Å². The number of hydrogen-bond donors (Lipinski definition) is 2. The van der Waals surface area contributed by atoms with Gasteiger partial charge >= 0.3 is 0 Å². The maximum atomic E-state index is 12.9. The molecule has 1 aliphatic heterocycles. The Morgan fingerprint density at radius 1 is 1.41 bits per heavy atom. The Balaban J connectivity index is 2.22. The van der Waals surface area contributed by atoms with Gasteiger partial charge in [0.05, 0.1) is 19.3 Å². The summed E-state index contributed by atoms with van der Waals surface area (Å²) < 4.78 is 6.99. The maximum absolute atomic E-state index is 12.9. The second-order valence-electron chi connectivity index (χ2n) is 5.60. The van der Waals surface area contributed by atoms with Crippen LogP contribution in [0.15, 0.2) is 12.3 Å². The van der Waals surface area contributed by atoms with E-state index in [4.69, 9.17) is 4.74 Å². The number of ether oxygens (including phenoxy) is 1. The Hall–Kier alpha value is -1.44. The van der Waals surface area contributed by atoms with Crippen molar-refractivity contribution >= 4 is 5.91 Å². The van der Waals surface area contributed by atoms with Gasteiger partial charge in [-0.3, -0.25) is 9.48 Å². The van der Waals surface area contributed by atoms with E-state index in [1.54, 1.807) is 21.8 Å². The Kier molecular flexibility index (Phi) is 5.93. The summed E-state index contributed by atoms with van der Waals surface area (Å²) in [6.45, 7) is 5.48. The van der Waals surface area contributed by atoms with Crippen LogP contribution in [0.25, 0.3) is 0 Å². The number of aliphatic hydroxyl groups excluding tert-OH is 2. The summed E-state index contributed by atoms with van der Waals surface area (Å²) in [7, 11) is 0. The molecule has 22 heavy (non-hydrogen) atoms. The molecule has 2 heterocycles. The fourth-order valence-electron chi connectivity index (χ4n) is 2.75. The van der Waals surface area contributed by atoms with Crippen molar-refractivity contribution in [1.82, 2.24) is 14.7 Å². The quantitative estimate of drug-likeness (QED) is 0.787. The van der Waals surface area contributed by atoms with Crippen molar-refractivity contribution in [3.63, 3.8) is 0 Å². The summed E-state index contributed by atoms with van der Waals surface area (Å²) >= 11 is 0. The number of nitrogens with zero attached hydrogens (tertiary/aromatic N) is 3. The highest BCUT2D eigenvalue weighted by Crippen LogP contribution is 2.18. The molecule has 1 aromatic rings. The van der Waals surface area contributed by atoms with Crippen molar-refractivity contribution in [2.24, 2.45) is 0 Å². The molecule has 124 valence electrons. The molecule has 2 N–H and O–H groups in total. The zero-order valence-corrected chi connectivity index (χ0v) is 13.2. The van der Waals surface area contributed by atoms with Gasteiger partial charge in [-0.05, 0) is 18.9 Å². The third-order valence-electron chi connectivity index (χ3n) is 3.86. The van der Waals surface area contributed by atoms with Crippen molar-refractivity contribution < 1.29 is 19.7 Å². The average Bonchev–Trinajstić information content (AvgIpc) is 2.96. The van der Waals surface area contributed by atoms with Gasteiger partial charge in [-0.2, -0.15) is 5.10 Å². The van der Waals surface area contributed by atoms with Gasteiger partial charge < -0.3 is 19.8 Å². The van der Waals surface area contributed by atoms with Crippen LogP contribution in [0.1, 0.15) is 37.2 Å². The minimum Gasteiger partial charge on any atom is -0.388 e. The lowest BCUT2D eigenvalue weighted by molar-refractivity contribution is -0.125. The van der Waals surface area contributed by atoms with Crippen LogP contribution in [0, 0.1) is 0 Å². The van der Waals surface area contributed by atoms with E-state index in [1.165, 1.54) is 0 Å². The smallest absolute Gasteiger partial charge is 0.272 e. The minimum atomic E-state index is -0.994. The molecule has 0 spiro atoms. The van der Waals surface area contributed by atoms with Crippen LogP contribution in [0.5, 0.6) is 0 Å². The van der Waals surface area contributed by atoms with Gasteiger partial charge in [-0.1, -0.05) is 13.8 Å². The van der Waals surface area contributed by atoms with Crippen LogP contribution < -0.4 is 0 Å². The molecule has 0 aliphatic carbocycles. The topological polar surface area (TPSA) is 87.8 Å². The van der Waals surface area contributed by atoms with Crippen molar-refractivity contribution in [3.05, 3.63) is 18.0 Å². The van der Waals surface area contributed by atoms with E-state index in [2.05, 4.69) is 5.10 Å². The first-order valence-corrected chi connectivity index (χ1v) is 7.86. The minimum absolute atomic E-state index is 0.0968. The molecular formula is C15H25N3O4. The maximum Gasteiger partial charge on any atom is 0.272 e. The first kappa shape index (κ1) is 16.9. The Morgan fingerprint density at radius 3 is 2.86 bits per heavy atom. The number of aromatic nitrogens is 2. The van der Waals surface area contributed by atoms with Crippen LogP contribution in [0.2, 0.25) is 0 Å². The van der Waals surface area contributed by atoms with Crippen LogP contribution in [-0.2, 0) is 11.3 Å². The molecule has 7 nitrogen and oxygen atoms in total. The molecule has 0 radical (unpaired) electrons. The van der Waals surface area contributed by atoms with Crippen molar-refractivity contribution in [2.75, 3.05) is 19.8 Å². The van der Waals surface area contributed by atoms with E-state index in [0.29, 0.717) is 18.8 Å². The Bertz CT molecular complexity index is 491. The molecule has 1 saturated heterocycles. The standard InChI is InChI=1S/C15H25N3O4/c1-3-7-17(12-9-22-10-13(19)14(12)20)15(21)11-5-6-16-18(11)8-4-2/h5-6,12-14,19-20H,3-4,7-10H2,1-2H3/t12-,13-,14+/m1/s1. The monoisotopic (exact) mass is 311 g/mol. The third-order valence-corrected chi connectivity index (χ3v) is 3.86. The summed E-state index contributed by atoms with van der Waals surface area (Å²) in [4.78, 5) is 14.5. The van der Waals surface area contributed by atoms with Crippen molar-refractivity contribution in [2.45, 2.75) is 51.5 Å². The highest BCUT2D eigenvalue weighted by molar-refractivity contribution is 5.92. The van der Waals surface area contributed by atoms with Gasteiger partial charge in [-0.25, -0.2) is 0 Å². The zero-order chi connectivity index (χ0) is 16.1. The normalized spacial score (nSPS) is 25.2. The summed E-state index contributed by atoms with van der Waals surface area (Å²) in [5.74, 6) is -0.186. The lowest BCUT2D eigenvalue weighted by Crippen LogP contribution is -2.58. The molecule has 0 aromatic carbocycles. The van der Waals surface area contributed by atoms with E-state index in [0.717, 1.165) is 12.8 Å². The third kappa shape index (κ3) is 3.48. The molecule has 1 aliphatic rings. The van der Waals surface area contributed by atoms with Crippen LogP contribution in [0.3, 0.4) is 0 Å². The molecule has 1 amide bonds. The molecule has 0 bridgehead atoms. The number of aliphatic hydroxyl groups is 2. The average molecular weight is 311 g/mol. The predicted octanol–water partition coefficient (Wildman–Crippen LogP) is 0.266. The molecular weight excluding hydrogens is 286 g/mol. The number of carbonyl (C=O) groups excluding carboxylic acids is 1. The lowest BCUT2D eigenvalue weighted by Gasteiger charge is -2.39. The van der Waals surface area contributed by atoms with E-state index >= 15 is 0 Å².